The van der Waals surface area contributed by atoms with Gasteiger partial charge in [0, 0.05) is 0 Å². The van der Waals surface area contributed by atoms with Crippen molar-refractivity contribution in [2.75, 3.05) is 6.79 Å². The average Bonchev–Trinajstić information content (AvgIpc) is 1.54. The largest absolute Gasteiger partial charge is 0.471 e. The molecule has 0 spiro atoms. The molecule has 0 aromatic heterocycles. The Morgan fingerprint density at radius 2 is 1.50 bits per heavy atom. The molecule has 11 heteroatoms. The van der Waals surface area contributed by atoms with Crippen molar-refractivity contribution in [1.82, 2.24) is 0 Å². The summed E-state index contributed by atoms with van der Waals surface area (Å²) in [6, 6.07) is 0. The summed E-state index contributed by atoms with van der Waals surface area (Å²) >= 11 is 0. The Morgan fingerprint density at radius 3 is 1.50 bits per heavy atom. The molecule has 12 heavy (non-hydrogen) atoms. The van der Waals surface area contributed by atoms with Gasteiger partial charge >= 0.3 is 18.2 Å². The minimum Gasteiger partial charge on any atom is -0.370 e. The van der Waals surface area contributed by atoms with E-state index < -0.39 is 25.0 Å². The maximum absolute atomic E-state index is 9.54. The van der Waals surface area contributed by atoms with E-state index in [9.17, 15) is 4.57 Å². The Kier molecular flexibility index (Phi) is 6.70. The second-order valence-corrected chi connectivity index (χ2v) is 3.33. The Bertz CT molecular complexity index is 225. The lowest BCUT2D eigenvalue weighted by Gasteiger charge is -1.97. The Morgan fingerprint density at radius 1 is 1.25 bits per heavy atom. The third-order valence-corrected chi connectivity index (χ3v) is 0.678. The third-order valence-electron chi connectivity index (χ3n) is 0.226. The molecule has 0 heterocycles. The summed E-state index contributed by atoms with van der Waals surface area (Å²) in [4.78, 5) is 15.5. The van der Waals surface area contributed by atoms with Crippen molar-refractivity contribution in [3.05, 3.63) is 0 Å². The maximum atomic E-state index is 9.54. The van der Waals surface area contributed by atoms with Crippen molar-refractivity contribution in [3.8, 4) is 0 Å². The van der Waals surface area contributed by atoms with Crippen LogP contribution in [0.3, 0.4) is 0 Å². The first-order valence-corrected chi connectivity index (χ1v) is 5.00. The molecule has 0 rings (SSSR count). The van der Waals surface area contributed by atoms with Gasteiger partial charge in [0.25, 0.3) is 0 Å². The van der Waals surface area contributed by atoms with Crippen LogP contribution in [0, 0.1) is 0 Å². The predicted molar refractivity (Wildman–Crippen MR) is 34.4 cm³/mol. The first-order valence-electron chi connectivity index (χ1n) is 2.07. The molecule has 0 aliphatic carbocycles. The molecule has 9 nitrogen and oxygen atoms in total. The molecule has 0 aliphatic heterocycles. The molecule has 0 aromatic rings. The van der Waals surface area contributed by atoms with E-state index in [0.29, 0.717) is 0 Å². The van der Waals surface area contributed by atoms with Gasteiger partial charge in [0.1, 0.15) is 0 Å². The number of hydrogen-bond donors (Lipinski definition) is 5. The van der Waals surface area contributed by atoms with Crippen LogP contribution in [0.5, 0.6) is 0 Å². The summed E-state index contributed by atoms with van der Waals surface area (Å²) < 4.78 is 44.6. The van der Waals surface area contributed by atoms with Crippen LogP contribution < -0.4 is 0 Å². The normalized spacial score (nSPS) is 11.8. The Labute approximate surface area is 67.4 Å². The van der Waals surface area contributed by atoms with Gasteiger partial charge in [-0.25, -0.2) is 4.57 Å². The SMILES string of the molecule is O=P(O)(O)OCO.O=S(=O)(O)O. The molecule has 0 saturated carbocycles. The molecular formula is CH7O9PS. The number of rotatable bonds is 2. The number of aliphatic hydroxyl groups is 1. The van der Waals surface area contributed by atoms with E-state index in [1.807, 2.05) is 0 Å². The minimum atomic E-state index is -4.67. The fourth-order valence-electron chi connectivity index (χ4n) is 0.0752. The van der Waals surface area contributed by atoms with Gasteiger partial charge in [-0.2, -0.15) is 8.42 Å². The van der Waals surface area contributed by atoms with E-state index in [1.54, 1.807) is 0 Å². The smallest absolute Gasteiger partial charge is 0.370 e. The summed E-state index contributed by atoms with van der Waals surface area (Å²) in [6.45, 7) is -0.954. The summed E-state index contributed by atoms with van der Waals surface area (Å²) in [5.41, 5.74) is 0. The number of phosphoric acid groups is 1. The second-order valence-electron chi connectivity index (χ2n) is 1.20. The standard InChI is InChI=1S/CH5O5P.H2O4S/c2-1-6-7(3,4)5;1-5(2,3)4/h2H,1H2,(H2,3,4,5);(H2,1,2,3,4). The van der Waals surface area contributed by atoms with Gasteiger partial charge in [0.2, 0.25) is 0 Å². The van der Waals surface area contributed by atoms with E-state index in [1.165, 1.54) is 0 Å². The van der Waals surface area contributed by atoms with Crippen LogP contribution >= 0.6 is 7.82 Å². The second kappa shape index (κ2) is 5.56. The monoisotopic (exact) mass is 226 g/mol. The van der Waals surface area contributed by atoms with Gasteiger partial charge < -0.3 is 14.9 Å². The van der Waals surface area contributed by atoms with Crippen LogP contribution in [0.1, 0.15) is 0 Å². The van der Waals surface area contributed by atoms with Gasteiger partial charge in [-0.15, -0.1) is 0 Å². The molecule has 5 N–H and O–H groups in total. The van der Waals surface area contributed by atoms with Crippen LogP contribution in [0.4, 0.5) is 0 Å². The van der Waals surface area contributed by atoms with E-state index in [0.717, 1.165) is 0 Å². The fraction of sp³-hybridized carbons (Fsp3) is 1.00. The molecule has 0 amide bonds. The molecule has 0 bridgehead atoms. The minimum absolute atomic E-state index is 0.954. The Balaban J connectivity index is 0. The van der Waals surface area contributed by atoms with Crippen LogP contribution in [0.25, 0.3) is 0 Å². The number of aliphatic hydroxyl groups excluding tert-OH is 1. The highest BCUT2D eigenvalue weighted by atomic mass is 32.3. The van der Waals surface area contributed by atoms with Gasteiger partial charge in [-0.1, -0.05) is 0 Å². The molecule has 0 aromatic carbocycles. The summed E-state index contributed by atoms with van der Waals surface area (Å²) in [5, 5.41) is 7.69. The lowest BCUT2D eigenvalue weighted by Crippen LogP contribution is -1.89. The molecule has 0 aliphatic rings. The highest BCUT2D eigenvalue weighted by Crippen LogP contribution is 2.34. The number of phosphoric ester groups is 1. The van der Waals surface area contributed by atoms with Crippen LogP contribution in [0.15, 0.2) is 0 Å². The highest BCUT2D eigenvalue weighted by molar-refractivity contribution is 7.79. The molecule has 0 saturated heterocycles. The van der Waals surface area contributed by atoms with E-state index >= 15 is 0 Å². The maximum Gasteiger partial charge on any atom is 0.471 e. The quantitative estimate of drug-likeness (QED) is 0.212. The van der Waals surface area contributed by atoms with Gasteiger partial charge in [-0.3, -0.25) is 13.6 Å². The number of hydrogen-bond acceptors (Lipinski definition) is 5. The van der Waals surface area contributed by atoms with Crippen molar-refractivity contribution in [2.24, 2.45) is 0 Å². The molecule has 76 valence electrons. The zero-order valence-electron chi connectivity index (χ0n) is 5.43. The topological polar surface area (TPSA) is 162 Å². The fourth-order valence-corrected chi connectivity index (χ4v) is 0.226. The van der Waals surface area contributed by atoms with E-state index in [4.69, 9.17) is 32.4 Å². The zero-order valence-corrected chi connectivity index (χ0v) is 7.14. The van der Waals surface area contributed by atoms with Crippen molar-refractivity contribution in [1.29, 1.82) is 0 Å². The van der Waals surface area contributed by atoms with Gasteiger partial charge in [0.15, 0.2) is 6.79 Å². The molecular weight excluding hydrogens is 219 g/mol. The molecule has 0 fully saturated rings. The van der Waals surface area contributed by atoms with Crippen molar-refractivity contribution in [3.63, 3.8) is 0 Å². The van der Waals surface area contributed by atoms with Crippen LogP contribution in [-0.4, -0.2) is 39.2 Å². The Hall–Kier alpha value is -0.0600. The first kappa shape index (κ1) is 14.5. The third kappa shape index (κ3) is 51.2. The average molecular weight is 226 g/mol. The van der Waals surface area contributed by atoms with E-state index in [2.05, 4.69) is 4.52 Å². The highest BCUT2D eigenvalue weighted by Gasteiger charge is 2.10. The van der Waals surface area contributed by atoms with Crippen molar-refractivity contribution in [2.45, 2.75) is 0 Å². The van der Waals surface area contributed by atoms with Crippen LogP contribution in [-0.2, 0) is 19.5 Å². The molecule has 0 unspecified atom stereocenters. The van der Waals surface area contributed by atoms with Crippen molar-refractivity contribution < 1.29 is 41.5 Å². The zero-order chi connectivity index (χ0) is 10.4. The summed E-state index contributed by atoms with van der Waals surface area (Å²) in [6.07, 6.45) is 0. The molecule has 0 atom stereocenters. The van der Waals surface area contributed by atoms with Crippen molar-refractivity contribution >= 4 is 18.2 Å². The van der Waals surface area contributed by atoms with Gasteiger partial charge in [0.05, 0.1) is 0 Å². The lowest BCUT2D eigenvalue weighted by molar-refractivity contribution is 0.0659. The van der Waals surface area contributed by atoms with E-state index in [-0.39, 0.29) is 0 Å². The predicted octanol–water partition coefficient (Wildman–Crippen LogP) is -1.61. The van der Waals surface area contributed by atoms with Crippen LogP contribution in [0.2, 0.25) is 0 Å². The lowest BCUT2D eigenvalue weighted by atomic mass is 11.6. The summed E-state index contributed by atoms with van der Waals surface area (Å²) in [5.74, 6) is 0. The molecule has 0 radical (unpaired) electrons. The van der Waals surface area contributed by atoms with Gasteiger partial charge in [-0.05, 0) is 0 Å². The first-order chi connectivity index (χ1) is 5.06. The summed E-state index contributed by atoms with van der Waals surface area (Å²) in [7, 11) is -9.08.